The molecule has 0 N–H and O–H groups in total. The molecule has 4 rings (SSSR count). The zero-order valence-corrected chi connectivity index (χ0v) is 17.4. The average Bonchev–Trinajstić information content (AvgIpc) is 2.81. The fraction of sp³-hybridized carbons (Fsp3) is 0.143. The van der Waals surface area contributed by atoms with Crippen molar-refractivity contribution in [3.8, 4) is 44.9 Å². The van der Waals surface area contributed by atoms with E-state index in [1.807, 2.05) is 44.2 Å². The molecule has 0 aliphatic rings. The van der Waals surface area contributed by atoms with Crippen LogP contribution in [0.3, 0.4) is 0 Å². The average molecular weight is 394 g/mol. The lowest BCUT2D eigenvalue weighted by Gasteiger charge is -2.16. The summed E-state index contributed by atoms with van der Waals surface area (Å²) in [5.41, 5.74) is 6.69. The summed E-state index contributed by atoms with van der Waals surface area (Å²) >= 11 is 0. The Labute approximate surface area is 178 Å². The Balaban J connectivity index is 1.77. The molecule has 0 atom stereocenters. The van der Waals surface area contributed by atoms with Gasteiger partial charge < -0.3 is 9.47 Å². The minimum atomic E-state index is 0.612. The van der Waals surface area contributed by atoms with Crippen LogP contribution in [0.4, 0.5) is 0 Å². The van der Waals surface area contributed by atoms with Crippen LogP contribution in [-0.2, 0) is 0 Å². The van der Waals surface area contributed by atoms with Crippen LogP contribution in [0.1, 0.15) is 13.8 Å². The van der Waals surface area contributed by atoms with Gasteiger partial charge in [-0.3, -0.25) is 0 Å². The molecule has 149 valence electrons. The van der Waals surface area contributed by atoms with Crippen molar-refractivity contribution in [1.82, 2.24) is 0 Å². The third-order valence-electron chi connectivity index (χ3n) is 4.99. The molecule has 0 aliphatic carbocycles. The number of hydrogen-bond donors (Lipinski definition) is 0. The van der Waals surface area contributed by atoms with Gasteiger partial charge in [-0.2, -0.15) is 0 Å². The normalized spacial score (nSPS) is 10.6. The Kier molecular flexibility index (Phi) is 6.14. The third kappa shape index (κ3) is 4.23. The van der Waals surface area contributed by atoms with Gasteiger partial charge in [0.15, 0.2) is 0 Å². The van der Waals surface area contributed by atoms with E-state index in [0.717, 1.165) is 33.8 Å². The molecule has 4 aromatic rings. The number of ether oxygens (including phenoxy) is 2. The zero-order chi connectivity index (χ0) is 20.8. The second-order valence-electron chi connectivity index (χ2n) is 6.93. The minimum absolute atomic E-state index is 0.612. The summed E-state index contributed by atoms with van der Waals surface area (Å²) in [6.07, 6.45) is 0. The first kappa shape index (κ1) is 19.8. The van der Waals surface area contributed by atoms with Crippen LogP contribution in [0, 0.1) is 6.07 Å². The maximum atomic E-state index is 5.97. The lowest BCUT2D eigenvalue weighted by atomic mass is 9.92. The van der Waals surface area contributed by atoms with Gasteiger partial charge in [-0.15, -0.1) is 0 Å². The Morgan fingerprint density at radius 3 is 1.87 bits per heavy atom. The Morgan fingerprint density at radius 2 is 1.20 bits per heavy atom. The van der Waals surface area contributed by atoms with Crippen molar-refractivity contribution in [2.24, 2.45) is 0 Å². The summed E-state index contributed by atoms with van der Waals surface area (Å²) in [4.78, 5) is 0. The first-order chi connectivity index (χ1) is 14.8. The van der Waals surface area contributed by atoms with Crippen LogP contribution >= 0.6 is 0 Å². The van der Waals surface area contributed by atoms with Gasteiger partial charge in [-0.25, -0.2) is 0 Å². The maximum Gasteiger partial charge on any atom is 0.127 e. The number of rotatable bonds is 7. The van der Waals surface area contributed by atoms with Crippen molar-refractivity contribution in [3.63, 3.8) is 0 Å². The van der Waals surface area contributed by atoms with Crippen molar-refractivity contribution in [3.05, 3.63) is 97.1 Å². The second kappa shape index (κ2) is 9.32. The molecule has 0 aromatic heterocycles. The highest BCUT2D eigenvalue weighted by molar-refractivity contribution is 5.88. The van der Waals surface area contributed by atoms with Crippen LogP contribution in [0.5, 0.6) is 11.5 Å². The van der Waals surface area contributed by atoms with Crippen molar-refractivity contribution in [1.29, 1.82) is 0 Å². The van der Waals surface area contributed by atoms with E-state index in [1.165, 1.54) is 11.1 Å². The Morgan fingerprint density at radius 1 is 0.600 bits per heavy atom. The van der Waals surface area contributed by atoms with E-state index >= 15 is 0 Å². The molecule has 0 bridgehead atoms. The summed E-state index contributed by atoms with van der Waals surface area (Å²) < 4.78 is 11.6. The smallest absolute Gasteiger partial charge is 0.127 e. The summed E-state index contributed by atoms with van der Waals surface area (Å²) in [6, 6.07) is 34.6. The van der Waals surface area contributed by atoms with E-state index in [1.54, 1.807) is 0 Å². The summed E-state index contributed by atoms with van der Waals surface area (Å²) in [6.45, 7) is 5.26. The molecular formula is C28H25O2. The van der Waals surface area contributed by atoms with Crippen LogP contribution < -0.4 is 9.47 Å². The molecule has 0 amide bonds. The predicted molar refractivity (Wildman–Crippen MR) is 124 cm³/mol. The maximum absolute atomic E-state index is 5.97. The monoisotopic (exact) mass is 393 g/mol. The van der Waals surface area contributed by atoms with E-state index in [2.05, 4.69) is 66.7 Å². The van der Waals surface area contributed by atoms with E-state index in [4.69, 9.17) is 9.47 Å². The quantitative estimate of drug-likeness (QED) is 0.328. The van der Waals surface area contributed by atoms with Gasteiger partial charge >= 0.3 is 0 Å². The molecule has 0 heterocycles. The largest absolute Gasteiger partial charge is 0.494 e. The zero-order valence-electron chi connectivity index (χ0n) is 17.4. The van der Waals surface area contributed by atoms with Crippen LogP contribution in [-0.4, -0.2) is 13.2 Å². The van der Waals surface area contributed by atoms with Crippen molar-refractivity contribution < 1.29 is 9.47 Å². The molecule has 1 radical (unpaired) electrons. The van der Waals surface area contributed by atoms with Crippen molar-refractivity contribution in [2.75, 3.05) is 13.2 Å². The fourth-order valence-corrected chi connectivity index (χ4v) is 3.61. The molecule has 2 heteroatoms. The van der Waals surface area contributed by atoms with Gasteiger partial charge in [0, 0.05) is 11.1 Å². The van der Waals surface area contributed by atoms with Crippen LogP contribution in [0.15, 0.2) is 91.0 Å². The number of benzene rings is 4. The SMILES string of the molecule is CCOc1ccc(-c2c(-c3ccc(-c4ccccc4)cc3)[c]ccc2OCC)cc1. The highest BCUT2D eigenvalue weighted by atomic mass is 16.5. The summed E-state index contributed by atoms with van der Waals surface area (Å²) in [5, 5.41) is 0. The summed E-state index contributed by atoms with van der Waals surface area (Å²) in [5.74, 6) is 1.73. The Hall–Kier alpha value is -3.52. The van der Waals surface area contributed by atoms with Gasteiger partial charge in [0.2, 0.25) is 0 Å². The Bertz CT molecular complexity index is 1080. The molecule has 0 saturated carbocycles. The van der Waals surface area contributed by atoms with E-state index in [0.29, 0.717) is 13.2 Å². The molecule has 30 heavy (non-hydrogen) atoms. The highest BCUT2D eigenvalue weighted by Crippen LogP contribution is 2.40. The first-order valence-electron chi connectivity index (χ1n) is 10.4. The van der Waals surface area contributed by atoms with E-state index in [-0.39, 0.29) is 0 Å². The fourth-order valence-electron chi connectivity index (χ4n) is 3.61. The van der Waals surface area contributed by atoms with E-state index < -0.39 is 0 Å². The second-order valence-corrected chi connectivity index (χ2v) is 6.93. The minimum Gasteiger partial charge on any atom is -0.494 e. The molecule has 0 aliphatic heterocycles. The molecule has 0 saturated heterocycles. The molecule has 2 nitrogen and oxygen atoms in total. The third-order valence-corrected chi connectivity index (χ3v) is 4.99. The molecule has 0 spiro atoms. The molecule has 0 unspecified atom stereocenters. The van der Waals surface area contributed by atoms with Gasteiger partial charge in [-0.05, 0) is 60.4 Å². The topological polar surface area (TPSA) is 18.5 Å². The standard InChI is InChI=1S/C28H25O2/c1-3-29-25-19-17-24(18-20-25)28-26(11-8-12-27(28)30-4-2)23-15-13-22(14-16-23)21-9-6-5-7-10-21/h5-10,12-20H,3-4H2,1-2H3. The van der Waals surface area contributed by atoms with Crippen LogP contribution in [0.25, 0.3) is 33.4 Å². The number of hydrogen-bond acceptors (Lipinski definition) is 2. The molecule has 4 aromatic carbocycles. The van der Waals surface area contributed by atoms with Crippen molar-refractivity contribution >= 4 is 0 Å². The highest BCUT2D eigenvalue weighted by Gasteiger charge is 2.14. The van der Waals surface area contributed by atoms with Gasteiger partial charge in [0.05, 0.1) is 13.2 Å². The van der Waals surface area contributed by atoms with Gasteiger partial charge in [0.25, 0.3) is 0 Å². The molecular weight excluding hydrogens is 368 g/mol. The first-order valence-corrected chi connectivity index (χ1v) is 10.4. The van der Waals surface area contributed by atoms with E-state index in [9.17, 15) is 0 Å². The summed E-state index contributed by atoms with van der Waals surface area (Å²) in [7, 11) is 0. The molecule has 0 fully saturated rings. The van der Waals surface area contributed by atoms with Crippen molar-refractivity contribution in [2.45, 2.75) is 13.8 Å². The van der Waals surface area contributed by atoms with Gasteiger partial charge in [0.1, 0.15) is 11.5 Å². The predicted octanol–water partition coefficient (Wildman–Crippen LogP) is 7.29. The van der Waals surface area contributed by atoms with Crippen LogP contribution in [0.2, 0.25) is 0 Å². The van der Waals surface area contributed by atoms with Gasteiger partial charge in [-0.1, -0.05) is 72.8 Å². The lowest BCUT2D eigenvalue weighted by Crippen LogP contribution is -1.97. The lowest BCUT2D eigenvalue weighted by molar-refractivity contribution is 0.340.